The van der Waals surface area contributed by atoms with Crippen molar-refractivity contribution in [1.82, 2.24) is 0 Å². The zero-order chi connectivity index (χ0) is 8.20. The molecule has 0 spiro atoms. The van der Waals surface area contributed by atoms with Crippen LogP contribution in [0.5, 0.6) is 0 Å². The van der Waals surface area contributed by atoms with Gasteiger partial charge in [0.05, 0.1) is 6.61 Å². The lowest BCUT2D eigenvalue weighted by Gasteiger charge is -2.04. The fraction of sp³-hybridized carbons (Fsp3) is 0.750. The molecule has 0 heterocycles. The average molecular weight is 156 g/mol. The number of rotatable bonds is 1. The molecule has 0 saturated heterocycles. The van der Waals surface area contributed by atoms with Crippen molar-refractivity contribution in [3.63, 3.8) is 0 Å². The van der Waals surface area contributed by atoms with Crippen LogP contribution < -0.4 is 0 Å². The van der Waals surface area contributed by atoms with E-state index in [1.54, 1.807) is 0 Å². The standard InChI is InChI=1S/C8H16OSi/c1-8(7-9)5-6-10(2,3)4/h8-9H,7H2,1-4H3/t8-/m0/s1. The highest BCUT2D eigenvalue weighted by atomic mass is 28.3. The van der Waals surface area contributed by atoms with E-state index < -0.39 is 8.07 Å². The number of aliphatic hydroxyl groups is 1. The molecule has 0 radical (unpaired) electrons. The van der Waals surface area contributed by atoms with Crippen LogP contribution in [0.3, 0.4) is 0 Å². The molecule has 2 heteroatoms. The molecule has 0 aromatic heterocycles. The van der Waals surface area contributed by atoms with E-state index in [9.17, 15) is 0 Å². The summed E-state index contributed by atoms with van der Waals surface area (Å²) < 4.78 is 0. The van der Waals surface area contributed by atoms with Crippen molar-refractivity contribution < 1.29 is 5.11 Å². The molecule has 0 saturated carbocycles. The van der Waals surface area contributed by atoms with Crippen molar-refractivity contribution in [3.05, 3.63) is 0 Å². The van der Waals surface area contributed by atoms with E-state index >= 15 is 0 Å². The first-order valence-corrected chi connectivity index (χ1v) is 7.09. The molecular formula is C8H16OSi. The van der Waals surface area contributed by atoms with Crippen LogP contribution in [0.25, 0.3) is 0 Å². The molecule has 0 aliphatic heterocycles. The summed E-state index contributed by atoms with van der Waals surface area (Å²) in [4.78, 5) is 0. The molecule has 0 aliphatic carbocycles. The molecule has 0 aliphatic rings. The quantitative estimate of drug-likeness (QED) is 0.450. The molecular weight excluding hydrogens is 140 g/mol. The molecule has 0 aromatic carbocycles. The molecule has 0 amide bonds. The van der Waals surface area contributed by atoms with E-state index in [0.717, 1.165) is 0 Å². The van der Waals surface area contributed by atoms with Gasteiger partial charge in [0.15, 0.2) is 0 Å². The Morgan fingerprint density at radius 1 is 1.40 bits per heavy atom. The van der Waals surface area contributed by atoms with E-state index in [1.807, 2.05) is 6.92 Å². The molecule has 0 aromatic rings. The fourth-order valence-electron chi connectivity index (χ4n) is 0.385. The summed E-state index contributed by atoms with van der Waals surface area (Å²) in [5, 5.41) is 8.64. The predicted octanol–water partition coefficient (Wildman–Crippen LogP) is 1.50. The average Bonchev–Trinajstić information content (AvgIpc) is 1.81. The molecule has 0 fully saturated rings. The van der Waals surface area contributed by atoms with Crippen LogP contribution in [-0.4, -0.2) is 19.8 Å². The van der Waals surface area contributed by atoms with Crippen LogP contribution >= 0.6 is 0 Å². The topological polar surface area (TPSA) is 20.2 Å². The van der Waals surface area contributed by atoms with Gasteiger partial charge < -0.3 is 5.11 Å². The van der Waals surface area contributed by atoms with Crippen LogP contribution in [0.15, 0.2) is 0 Å². The van der Waals surface area contributed by atoms with Gasteiger partial charge in [-0.1, -0.05) is 19.6 Å². The van der Waals surface area contributed by atoms with Crippen LogP contribution in [0.2, 0.25) is 19.6 Å². The Hall–Kier alpha value is -0.263. The van der Waals surface area contributed by atoms with Gasteiger partial charge >= 0.3 is 0 Å². The number of hydrogen-bond acceptors (Lipinski definition) is 1. The van der Waals surface area contributed by atoms with Crippen molar-refractivity contribution in [1.29, 1.82) is 0 Å². The van der Waals surface area contributed by atoms with Crippen molar-refractivity contribution >= 4 is 8.07 Å². The summed E-state index contributed by atoms with van der Waals surface area (Å²) in [5.74, 6) is 3.18. The minimum absolute atomic E-state index is 0.145. The van der Waals surface area contributed by atoms with Crippen LogP contribution in [0.1, 0.15) is 6.92 Å². The molecule has 1 atom stereocenters. The lowest BCUT2D eigenvalue weighted by atomic mass is 10.2. The van der Waals surface area contributed by atoms with Crippen molar-refractivity contribution in [3.8, 4) is 11.5 Å². The zero-order valence-corrected chi connectivity index (χ0v) is 8.23. The summed E-state index contributed by atoms with van der Waals surface area (Å²) in [6.07, 6.45) is 0. The maximum Gasteiger partial charge on any atom is 0.129 e. The highest BCUT2D eigenvalue weighted by Gasteiger charge is 2.07. The molecule has 10 heavy (non-hydrogen) atoms. The highest BCUT2D eigenvalue weighted by molar-refractivity contribution is 6.83. The Morgan fingerprint density at radius 3 is 2.20 bits per heavy atom. The van der Waals surface area contributed by atoms with E-state index in [0.29, 0.717) is 0 Å². The molecule has 0 bridgehead atoms. The van der Waals surface area contributed by atoms with Crippen LogP contribution in [-0.2, 0) is 0 Å². The number of hydrogen-bond donors (Lipinski definition) is 1. The van der Waals surface area contributed by atoms with Gasteiger partial charge in [0.1, 0.15) is 8.07 Å². The Balaban J connectivity index is 3.91. The van der Waals surface area contributed by atoms with Gasteiger partial charge in [0.2, 0.25) is 0 Å². The van der Waals surface area contributed by atoms with Gasteiger partial charge in [-0.3, -0.25) is 0 Å². The molecule has 0 unspecified atom stereocenters. The lowest BCUT2D eigenvalue weighted by Crippen LogP contribution is -2.17. The third-order valence-corrected chi connectivity index (χ3v) is 1.86. The molecule has 0 rings (SSSR count). The fourth-order valence-corrected chi connectivity index (χ4v) is 1.06. The maximum atomic E-state index is 8.64. The van der Waals surface area contributed by atoms with Crippen molar-refractivity contribution in [2.24, 2.45) is 5.92 Å². The summed E-state index contributed by atoms with van der Waals surface area (Å²) in [7, 11) is -1.21. The summed E-state index contributed by atoms with van der Waals surface area (Å²) in [6, 6.07) is 0. The third kappa shape index (κ3) is 5.87. The summed E-state index contributed by atoms with van der Waals surface area (Å²) in [5.41, 5.74) is 3.20. The molecule has 58 valence electrons. The Kier molecular flexibility index (Phi) is 3.70. The van der Waals surface area contributed by atoms with Gasteiger partial charge in [-0.15, -0.1) is 11.5 Å². The third-order valence-electron chi connectivity index (χ3n) is 0.967. The second-order valence-corrected chi connectivity index (χ2v) is 8.35. The summed E-state index contributed by atoms with van der Waals surface area (Å²) in [6.45, 7) is 8.71. The van der Waals surface area contributed by atoms with E-state index in [-0.39, 0.29) is 12.5 Å². The summed E-state index contributed by atoms with van der Waals surface area (Å²) >= 11 is 0. The zero-order valence-electron chi connectivity index (χ0n) is 7.23. The predicted molar refractivity (Wildman–Crippen MR) is 47.4 cm³/mol. The normalized spacial score (nSPS) is 13.7. The minimum Gasteiger partial charge on any atom is -0.395 e. The van der Waals surface area contributed by atoms with Gasteiger partial charge in [0.25, 0.3) is 0 Å². The Morgan fingerprint density at radius 2 is 1.90 bits per heavy atom. The van der Waals surface area contributed by atoms with E-state index in [4.69, 9.17) is 5.11 Å². The van der Waals surface area contributed by atoms with Gasteiger partial charge in [-0.2, -0.15) is 0 Å². The van der Waals surface area contributed by atoms with Crippen LogP contribution in [0, 0.1) is 17.4 Å². The molecule has 1 N–H and O–H groups in total. The Bertz CT molecular complexity index is 147. The monoisotopic (exact) mass is 156 g/mol. The second-order valence-electron chi connectivity index (χ2n) is 3.60. The van der Waals surface area contributed by atoms with Gasteiger partial charge in [-0.25, -0.2) is 0 Å². The van der Waals surface area contributed by atoms with E-state index in [1.165, 1.54) is 0 Å². The van der Waals surface area contributed by atoms with E-state index in [2.05, 4.69) is 31.1 Å². The minimum atomic E-state index is -1.21. The van der Waals surface area contributed by atoms with Crippen molar-refractivity contribution in [2.45, 2.75) is 26.6 Å². The lowest BCUT2D eigenvalue weighted by molar-refractivity contribution is 0.266. The van der Waals surface area contributed by atoms with Crippen LogP contribution in [0.4, 0.5) is 0 Å². The maximum absolute atomic E-state index is 8.64. The van der Waals surface area contributed by atoms with Crippen molar-refractivity contribution in [2.75, 3.05) is 6.61 Å². The van der Waals surface area contributed by atoms with Gasteiger partial charge in [0, 0.05) is 5.92 Å². The largest absolute Gasteiger partial charge is 0.395 e. The Labute approximate surface area is 64.5 Å². The van der Waals surface area contributed by atoms with Gasteiger partial charge in [-0.05, 0) is 6.92 Å². The number of aliphatic hydroxyl groups excluding tert-OH is 1. The SMILES string of the molecule is C[C@@H](C#C[Si](C)(C)C)CO. The first-order valence-electron chi connectivity index (χ1n) is 3.59. The first kappa shape index (κ1) is 9.74. The highest BCUT2D eigenvalue weighted by Crippen LogP contribution is 1.98. The smallest absolute Gasteiger partial charge is 0.129 e. The first-order chi connectivity index (χ1) is 4.45. The molecule has 1 nitrogen and oxygen atoms in total. The second kappa shape index (κ2) is 3.80.